The van der Waals surface area contributed by atoms with E-state index >= 15 is 0 Å². The van der Waals surface area contributed by atoms with Crippen molar-refractivity contribution in [2.24, 2.45) is 11.3 Å². The van der Waals surface area contributed by atoms with Crippen LogP contribution in [0.2, 0.25) is 0 Å². The van der Waals surface area contributed by atoms with E-state index < -0.39 is 0 Å². The van der Waals surface area contributed by atoms with Gasteiger partial charge in [0.25, 0.3) is 0 Å². The summed E-state index contributed by atoms with van der Waals surface area (Å²) in [5, 5.41) is 7.02. The van der Waals surface area contributed by atoms with E-state index in [1.54, 1.807) is 11.3 Å². The van der Waals surface area contributed by atoms with Crippen molar-refractivity contribution < 1.29 is 0 Å². The molecule has 1 aromatic heterocycles. The molecule has 1 aliphatic carbocycles. The van der Waals surface area contributed by atoms with Gasteiger partial charge in [0.15, 0.2) is 0 Å². The van der Waals surface area contributed by atoms with Crippen LogP contribution in [0.25, 0.3) is 0 Å². The lowest BCUT2D eigenvalue weighted by Gasteiger charge is -2.39. The number of aryl methyl sites for hydroxylation is 1. The topological polar surface area (TPSA) is 24.9 Å². The van der Waals surface area contributed by atoms with E-state index in [1.165, 1.54) is 30.0 Å². The molecule has 2 nitrogen and oxygen atoms in total. The van der Waals surface area contributed by atoms with E-state index in [1.807, 2.05) is 0 Å². The van der Waals surface area contributed by atoms with Crippen LogP contribution in [0.15, 0.2) is 5.38 Å². The van der Waals surface area contributed by atoms with Crippen LogP contribution >= 0.6 is 11.3 Å². The minimum Gasteiger partial charge on any atom is -0.308 e. The van der Waals surface area contributed by atoms with Crippen molar-refractivity contribution in [2.75, 3.05) is 0 Å². The first-order valence-electron chi connectivity index (χ1n) is 6.61. The van der Waals surface area contributed by atoms with Crippen LogP contribution in [0.4, 0.5) is 0 Å². The number of aromatic nitrogens is 1. The average molecular weight is 252 g/mol. The molecule has 0 amide bonds. The van der Waals surface area contributed by atoms with Crippen LogP contribution < -0.4 is 5.32 Å². The van der Waals surface area contributed by atoms with Gasteiger partial charge in [-0.2, -0.15) is 0 Å². The first-order chi connectivity index (χ1) is 7.96. The van der Waals surface area contributed by atoms with Crippen molar-refractivity contribution >= 4 is 11.3 Å². The summed E-state index contributed by atoms with van der Waals surface area (Å²) < 4.78 is 0. The minimum atomic E-state index is 0.537. The lowest BCUT2D eigenvalue weighted by Crippen LogP contribution is -2.41. The fourth-order valence-corrected chi connectivity index (χ4v) is 3.59. The normalized spacial score (nSPS) is 28.2. The monoisotopic (exact) mass is 252 g/mol. The molecule has 1 aliphatic rings. The zero-order chi connectivity index (χ0) is 12.5. The zero-order valence-corrected chi connectivity index (χ0v) is 12.2. The smallest absolute Gasteiger partial charge is 0.0897 e. The Bertz CT molecular complexity index is 370. The molecule has 2 unspecified atom stereocenters. The van der Waals surface area contributed by atoms with Crippen molar-refractivity contribution in [3.8, 4) is 0 Å². The molecule has 96 valence electrons. The standard InChI is InChI=1S/C14H24N2S/c1-10-7-14(3,4)6-5-13(10)15-8-12-9-17-11(2)16-12/h9-10,13,15H,5-8H2,1-4H3. The summed E-state index contributed by atoms with van der Waals surface area (Å²) in [6.07, 6.45) is 3.98. The first kappa shape index (κ1) is 13.0. The molecule has 0 aliphatic heterocycles. The highest BCUT2D eigenvalue weighted by molar-refractivity contribution is 7.09. The van der Waals surface area contributed by atoms with Gasteiger partial charge in [-0.1, -0.05) is 20.8 Å². The van der Waals surface area contributed by atoms with Crippen LogP contribution in [0, 0.1) is 18.3 Å². The lowest BCUT2D eigenvalue weighted by atomic mass is 9.70. The molecule has 17 heavy (non-hydrogen) atoms. The second kappa shape index (κ2) is 5.07. The molecule has 1 saturated carbocycles. The lowest BCUT2D eigenvalue weighted by molar-refractivity contribution is 0.148. The number of thiazole rings is 1. The number of nitrogens with zero attached hydrogens (tertiary/aromatic N) is 1. The molecule has 2 atom stereocenters. The Hall–Kier alpha value is -0.410. The largest absolute Gasteiger partial charge is 0.308 e. The van der Waals surface area contributed by atoms with E-state index in [-0.39, 0.29) is 0 Å². The Morgan fingerprint density at radius 1 is 1.53 bits per heavy atom. The molecular weight excluding hydrogens is 228 g/mol. The van der Waals surface area contributed by atoms with Gasteiger partial charge in [0.1, 0.15) is 0 Å². The molecule has 1 heterocycles. The van der Waals surface area contributed by atoms with Crippen molar-refractivity contribution in [2.45, 2.75) is 59.5 Å². The van der Waals surface area contributed by atoms with E-state index in [0.717, 1.165) is 12.5 Å². The summed E-state index contributed by atoms with van der Waals surface area (Å²) >= 11 is 1.74. The molecule has 2 rings (SSSR count). The molecule has 3 heteroatoms. The highest BCUT2D eigenvalue weighted by atomic mass is 32.1. The number of hydrogen-bond acceptors (Lipinski definition) is 3. The minimum absolute atomic E-state index is 0.537. The third-order valence-electron chi connectivity index (χ3n) is 3.91. The summed E-state index contributed by atoms with van der Waals surface area (Å²) in [5.74, 6) is 0.776. The Kier molecular flexibility index (Phi) is 3.88. The molecule has 0 radical (unpaired) electrons. The molecule has 1 N–H and O–H groups in total. The summed E-state index contributed by atoms with van der Waals surface area (Å²) in [4.78, 5) is 4.50. The molecule has 0 bridgehead atoms. The Morgan fingerprint density at radius 2 is 2.29 bits per heavy atom. The molecule has 0 aromatic carbocycles. The summed E-state index contributed by atoms with van der Waals surface area (Å²) in [6, 6.07) is 0.671. The SMILES string of the molecule is Cc1nc(CNC2CCC(C)(C)CC2C)cs1. The van der Waals surface area contributed by atoms with Gasteiger partial charge in [-0.05, 0) is 37.5 Å². The van der Waals surface area contributed by atoms with E-state index in [4.69, 9.17) is 0 Å². The maximum Gasteiger partial charge on any atom is 0.0897 e. The van der Waals surface area contributed by atoms with Gasteiger partial charge in [0, 0.05) is 18.0 Å². The third-order valence-corrected chi connectivity index (χ3v) is 4.73. The highest BCUT2D eigenvalue weighted by Gasteiger charge is 2.31. The second-order valence-corrected chi connectivity index (χ2v) is 7.29. The molecule has 1 aromatic rings. The maximum absolute atomic E-state index is 4.50. The van der Waals surface area contributed by atoms with Gasteiger partial charge in [0.2, 0.25) is 0 Å². The van der Waals surface area contributed by atoms with Crippen LogP contribution in [0.5, 0.6) is 0 Å². The van der Waals surface area contributed by atoms with Gasteiger partial charge in [0.05, 0.1) is 10.7 Å². The molecule has 1 fully saturated rings. The second-order valence-electron chi connectivity index (χ2n) is 6.23. The molecule has 0 saturated heterocycles. The van der Waals surface area contributed by atoms with Gasteiger partial charge in [-0.15, -0.1) is 11.3 Å². The summed E-state index contributed by atoms with van der Waals surface area (Å²) in [5.41, 5.74) is 1.74. The van der Waals surface area contributed by atoms with Crippen molar-refractivity contribution in [3.63, 3.8) is 0 Å². The van der Waals surface area contributed by atoms with E-state index in [9.17, 15) is 0 Å². The molecular formula is C14H24N2S. The molecule has 0 spiro atoms. The Labute approximate surface area is 109 Å². The third kappa shape index (κ3) is 3.52. The van der Waals surface area contributed by atoms with Gasteiger partial charge >= 0.3 is 0 Å². The summed E-state index contributed by atoms with van der Waals surface area (Å²) in [6.45, 7) is 10.2. The number of rotatable bonds is 3. The van der Waals surface area contributed by atoms with Crippen molar-refractivity contribution in [1.82, 2.24) is 10.3 Å². The fraction of sp³-hybridized carbons (Fsp3) is 0.786. The van der Waals surface area contributed by atoms with Crippen LogP contribution in [0.1, 0.15) is 50.7 Å². The van der Waals surface area contributed by atoms with Crippen LogP contribution in [-0.4, -0.2) is 11.0 Å². The van der Waals surface area contributed by atoms with Crippen LogP contribution in [0.3, 0.4) is 0 Å². The Balaban J connectivity index is 1.84. The maximum atomic E-state index is 4.50. The number of nitrogens with one attached hydrogen (secondary N) is 1. The van der Waals surface area contributed by atoms with Crippen LogP contribution in [-0.2, 0) is 6.54 Å². The Morgan fingerprint density at radius 3 is 2.88 bits per heavy atom. The van der Waals surface area contributed by atoms with E-state index in [0.29, 0.717) is 11.5 Å². The fourth-order valence-electron chi connectivity index (χ4n) is 2.98. The number of hydrogen-bond donors (Lipinski definition) is 1. The van der Waals surface area contributed by atoms with Crippen molar-refractivity contribution in [3.05, 3.63) is 16.1 Å². The average Bonchev–Trinajstić information content (AvgIpc) is 2.62. The predicted molar refractivity (Wildman–Crippen MR) is 74.3 cm³/mol. The van der Waals surface area contributed by atoms with Gasteiger partial charge < -0.3 is 5.32 Å². The van der Waals surface area contributed by atoms with Gasteiger partial charge in [-0.25, -0.2) is 4.98 Å². The summed E-state index contributed by atoms with van der Waals surface area (Å²) in [7, 11) is 0. The highest BCUT2D eigenvalue weighted by Crippen LogP contribution is 2.38. The quantitative estimate of drug-likeness (QED) is 0.886. The van der Waals surface area contributed by atoms with Crippen molar-refractivity contribution in [1.29, 1.82) is 0 Å². The van der Waals surface area contributed by atoms with E-state index in [2.05, 4.69) is 43.4 Å². The van der Waals surface area contributed by atoms with Gasteiger partial charge in [-0.3, -0.25) is 0 Å². The first-order valence-corrected chi connectivity index (χ1v) is 7.49. The zero-order valence-electron chi connectivity index (χ0n) is 11.4. The predicted octanol–water partition coefficient (Wildman–Crippen LogP) is 3.76.